The Morgan fingerprint density at radius 1 is 1.12 bits per heavy atom. The summed E-state index contributed by atoms with van der Waals surface area (Å²) in [6.07, 6.45) is 6.55. The van der Waals surface area contributed by atoms with Crippen LogP contribution in [0.15, 0.2) is 34.9 Å². The first kappa shape index (κ1) is 16.0. The van der Waals surface area contributed by atoms with E-state index in [-0.39, 0.29) is 24.2 Å². The maximum Gasteiger partial charge on any atom is 0.236 e. The summed E-state index contributed by atoms with van der Waals surface area (Å²) in [4.78, 5) is 30.6. The van der Waals surface area contributed by atoms with Crippen LogP contribution >= 0.6 is 0 Å². The normalized spacial score (nSPS) is 19.8. The van der Waals surface area contributed by atoms with Crippen LogP contribution in [0.3, 0.4) is 0 Å². The Balaban J connectivity index is 1.51. The van der Waals surface area contributed by atoms with E-state index in [2.05, 4.69) is 4.98 Å². The Labute approximate surface area is 144 Å². The molecule has 4 rings (SSSR count). The summed E-state index contributed by atoms with van der Waals surface area (Å²) in [6, 6.07) is 5.89. The molecule has 130 valence electrons. The van der Waals surface area contributed by atoms with E-state index in [1.54, 1.807) is 12.1 Å². The minimum absolute atomic E-state index is 0.0562. The van der Waals surface area contributed by atoms with Gasteiger partial charge in [0.25, 0.3) is 0 Å². The van der Waals surface area contributed by atoms with Crippen LogP contribution in [0.5, 0.6) is 0 Å². The lowest BCUT2D eigenvalue weighted by atomic mass is 9.73. The Morgan fingerprint density at radius 2 is 1.84 bits per heavy atom. The summed E-state index contributed by atoms with van der Waals surface area (Å²) in [7, 11) is 0. The van der Waals surface area contributed by atoms with Crippen molar-refractivity contribution in [1.29, 1.82) is 0 Å². The van der Waals surface area contributed by atoms with Gasteiger partial charge in [-0.3, -0.25) is 14.5 Å². The summed E-state index contributed by atoms with van der Waals surface area (Å²) in [5.41, 5.74) is 0.199. The number of hydrogen-bond acceptors (Lipinski definition) is 4. The lowest BCUT2D eigenvalue weighted by molar-refractivity contribution is -0.143. The van der Waals surface area contributed by atoms with Crippen molar-refractivity contribution in [1.82, 2.24) is 9.88 Å². The van der Waals surface area contributed by atoms with Gasteiger partial charge in [-0.15, -0.1) is 0 Å². The highest BCUT2D eigenvalue weighted by Gasteiger charge is 2.51. The van der Waals surface area contributed by atoms with E-state index in [9.17, 15) is 14.0 Å². The number of hydrogen-bond donors (Lipinski definition) is 0. The van der Waals surface area contributed by atoms with Crippen LogP contribution in [0.1, 0.15) is 44.4 Å². The van der Waals surface area contributed by atoms with Crippen LogP contribution in [0.25, 0.3) is 11.3 Å². The number of carbonyl (C=O) groups excluding carboxylic acids is 2. The van der Waals surface area contributed by atoms with Gasteiger partial charge in [-0.2, -0.15) is 0 Å². The lowest BCUT2D eigenvalue weighted by Gasteiger charge is -2.30. The number of oxazole rings is 1. The maximum absolute atomic E-state index is 13.0. The molecule has 2 heterocycles. The van der Waals surface area contributed by atoms with Crippen LogP contribution in [0.2, 0.25) is 0 Å². The summed E-state index contributed by atoms with van der Waals surface area (Å²) < 4.78 is 18.7. The number of imide groups is 1. The van der Waals surface area contributed by atoms with Crippen LogP contribution in [0, 0.1) is 11.2 Å². The van der Waals surface area contributed by atoms with Gasteiger partial charge >= 0.3 is 0 Å². The third-order valence-electron chi connectivity index (χ3n) is 5.28. The first-order valence-electron chi connectivity index (χ1n) is 8.63. The van der Waals surface area contributed by atoms with Gasteiger partial charge in [-0.25, -0.2) is 9.37 Å². The molecular formula is C19H19FN2O3. The summed E-state index contributed by atoms with van der Waals surface area (Å²) in [5, 5.41) is 0. The number of rotatable bonds is 3. The molecule has 0 bridgehead atoms. The van der Waals surface area contributed by atoms with Gasteiger partial charge in [0.05, 0.1) is 11.6 Å². The fourth-order valence-electron chi connectivity index (χ4n) is 3.91. The number of likely N-dealkylation sites (tertiary alicyclic amines) is 1. The second-order valence-corrected chi connectivity index (χ2v) is 6.93. The van der Waals surface area contributed by atoms with Crippen molar-refractivity contribution < 1.29 is 18.4 Å². The largest absolute Gasteiger partial charge is 0.439 e. The maximum atomic E-state index is 13.0. The molecule has 25 heavy (non-hydrogen) atoms. The summed E-state index contributed by atoms with van der Waals surface area (Å²) in [5.74, 6) is 0.247. The third-order valence-corrected chi connectivity index (χ3v) is 5.28. The van der Waals surface area contributed by atoms with E-state index in [1.165, 1.54) is 23.2 Å². The zero-order valence-corrected chi connectivity index (χ0v) is 13.8. The number of nitrogens with zero attached hydrogens (tertiary/aromatic N) is 2. The van der Waals surface area contributed by atoms with Crippen molar-refractivity contribution in [3.05, 3.63) is 42.2 Å². The van der Waals surface area contributed by atoms with Gasteiger partial charge in [0, 0.05) is 12.0 Å². The number of aromatic nitrogens is 1. The molecule has 1 spiro atoms. The van der Waals surface area contributed by atoms with Crippen molar-refractivity contribution >= 4 is 11.8 Å². The van der Waals surface area contributed by atoms with Gasteiger partial charge in [-0.1, -0.05) is 19.3 Å². The molecule has 1 saturated heterocycles. The quantitative estimate of drug-likeness (QED) is 0.798. The first-order valence-corrected chi connectivity index (χ1v) is 8.63. The molecule has 1 aliphatic carbocycles. The number of carbonyl (C=O) groups is 2. The lowest BCUT2D eigenvalue weighted by Crippen LogP contribution is -2.36. The molecule has 2 amide bonds. The Hall–Kier alpha value is -2.50. The van der Waals surface area contributed by atoms with E-state index in [0.29, 0.717) is 23.6 Å². The zero-order chi connectivity index (χ0) is 17.4. The van der Waals surface area contributed by atoms with E-state index >= 15 is 0 Å². The van der Waals surface area contributed by atoms with Crippen molar-refractivity contribution in [2.24, 2.45) is 5.41 Å². The van der Waals surface area contributed by atoms with E-state index in [1.807, 2.05) is 0 Å². The first-order chi connectivity index (χ1) is 12.1. The monoisotopic (exact) mass is 342 g/mol. The smallest absolute Gasteiger partial charge is 0.236 e. The Morgan fingerprint density at radius 3 is 2.56 bits per heavy atom. The molecule has 0 atom stereocenters. The number of amides is 2. The molecule has 5 nitrogen and oxygen atoms in total. The molecule has 2 aliphatic rings. The number of halogens is 1. The highest BCUT2D eigenvalue weighted by Crippen LogP contribution is 2.45. The zero-order valence-electron chi connectivity index (χ0n) is 13.8. The molecule has 2 aromatic rings. The fraction of sp³-hybridized carbons (Fsp3) is 0.421. The second kappa shape index (κ2) is 6.10. The molecule has 1 aliphatic heterocycles. The second-order valence-electron chi connectivity index (χ2n) is 6.93. The minimum atomic E-state index is -0.498. The molecule has 0 radical (unpaired) electrons. The van der Waals surface area contributed by atoms with Gasteiger partial charge < -0.3 is 4.42 Å². The van der Waals surface area contributed by atoms with Crippen LogP contribution < -0.4 is 0 Å². The highest BCUT2D eigenvalue weighted by atomic mass is 19.1. The van der Waals surface area contributed by atoms with E-state index in [0.717, 1.165) is 32.1 Å². The van der Waals surface area contributed by atoms with Crippen LogP contribution in [-0.2, 0) is 16.1 Å². The predicted octanol–water partition coefficient (Wildman–Crippen LogP) is 3.69. The molecule has 6 heteroatoms. The van der Waals surface area contributed by atoms with E-state index < -0.39 is 5.41 Å². The Bertz CT molecular complexity index is 806. The minimum Gasteiger partial charge on any atom is -0.439 e. The SMILES string of the molecule is O=C1CC2(CCCCC2)C(=O)N1Cc1ncc(-c2ccc(F)cc2)o1. The molecule has 2 fully saturated rings. The van der Waals surface area contributed by atoms with E-state index in [4.69, 9.17) is 4.42 Å². The average molecular weight is 342 g/mol. The highest BCUT2D eigenvalue weighted by molar-refractivity contribution is 6.05. The average Bonchev–Trinajstić information content (AvgIpc) is 3.16. The molecular weight excluding hydrogens is 323 g/mol. The van der Waals surface area contributed by atoms with Gasteiger partial charge in [-0.05, 0) is 37.1 Å². The van der Waals surface area contributed by atoms with Crippen molar-refractivity contribution in [2.45, 2.75) is 45.1 Å². The van der Waals surface area contributed by atoms with Gasteiger partial charge in [0.15, 0.2) is 5.76 Å². The summed E-state index contributed by atoms with van der Waals surface area (Å²) >= 11 is 0. The topological polar surface area (TPSA) is 63.4 Å². The van der Waals surface area contributed by atoms with Gasteiger partial charge in [0.1, 0.15) is 12.4 Å². The number of benzene rings is 1. The van der Waals surface area contributed by atoms with Crippen molar-refractivity contribution in [3.8, 4) is 11.3 Å². The van der Waals surface area contributed by atoms with Gasteiger partial charge in [0.2, 0.25) is 17.7 Å². The molecule has 0 unspecified atom stereocenters. The standard InChI is InChI=1S/C19H19FN2O3/c20-14-6-4-13(5-7-14)15-11-21-16(25-15)12-22-17(23)10-19(18(22)24)8-2-1-3-9-19/h4-7,11H,1-3,8-10,12H2. The van der Waals surface area contributed by atoms with Crippen LogP contribution in [-0.4, -0.2) is 21.7 Å². The molecule has 0 N–H and O–H groups in total. The molecule has 1 aromatic carbocycles. The molecule has 1 saturated carbocycles. The third kappa shape index (κ3) is 2.86. The predicted molar refractivity (Wildman–Crippen MR) is 87.6 cm³/mol. The van der Waals surface area contributed by atoms with Crippen molar-refractivity contribution in [3.63, 3.8) is 0 Å². The Kier molecular flexibility index (Phi) is 3.90. The molecule has 1 aromatic heterocycles. The van der Waals surface area contributed by atoms with Crippen molar-refractivity contribution in [2.75, 3.05) is 0 Å². The fourth-order valence-corrected chi connectivity index (χ4v) is 3.91. The van der Waals surface area contributed by atoms with Crippen LogP contribution in [0.4, 0.5) is 4.39 Å². The summed E-state index contributed by atoms with van der Waals surface area (Å²) in [6.45, 7) is 0.0562.